The van der Waals surface area contributed by atoms with Crippen LogP contribution < -0.4 is 10.2 Å². The number of quaternary nitrogens is 1. The molecule has 75 heavy (non-hydrogen) atoms. The van der Waals surface area contributed by atoms with E-state index in [4.69, 9.17) is 9.05 Å². The molecular weight excluding hydrogens is 948 g/mol. The van der Waals surface area contributed by atoms with Crippen LogP contribution in [0, 0.1) is 0 Å². The zero-order chi connectivity index (χ0) is 54.9. The van der Waals surface area contributed by atoms with Crippen molar-refractivity contribution in [1.82, 2.24) is 5.32 Å². The van der Waals surface area contributed by atoms with Gasteiger partial charge in [0.15, 0.2) is 0 Å². The summed E-state index contributed by atoms with van der Waals surface area (Å²) in [5.74, 6) is -0.202. The summed E-state index contributed by atoms with van der Waals surface area (Å²) in [5.41, 5.74) is 0. The second-order valence-electron chi connectivity index (χ2n) is 23.8. The quantitative estimate of drug-likeness (QED) is 0.0272. The molecule has 0 radical (unpaired) electrons. The first-order valence-corrected chi connectivity index (χ1v) is 34.3. The zero-order valence-corrected chi connectivity index (χ0v) is 51.7. The van der Waals surface area contributed by atoms with Gasteiger partial charge < -0.3 is 28.8 Å². The topological polar surface area (TPSA) is 108 Å². The fourth-order valence-corrected chi connectivity index (χ4v) is 10.7. The second kappa shape index (κ2) is 57.4. The molecule has 0 rings (SSSR count). The van der Waals surface area contributed by atoms with Crippen molar-refractivity contribution in [1.29, 1.82) is 0 Å². The van der Waals surface area contributed by atoms with Gasteiger partial charge in [-0.15, -0.1) is 0 Å². The first-order chi connectivity index (χ1) is 36.5. The van der Waals surface area contributed by atoms with Gasteiger partial charge in [-0.05, 0) is 57.8 Å². The van der Waals surface area contributed by atoms with Crippen LogP contribution in [-0.2, 0) is 18.4 Å². The molecule has 3 atom stereocenters. The number of aliphatic hydroxyl groups is 1. The maximum atomic E-state index is 13.0. The number of amides is 1. The molecule has 0 spiro atoms. The smallest absolute Gasteiger partial charge is 0.268 e. The van der Waals surface area contributed by atoms with Crippen LogP contribution in [0.15, 0.2) is 36.5 Å². The van der Waals surface area contributed by atoms with Gasteiger partial charge >= 0.3 is 0 Å². The number of phosphoric acid groups is 1. The van der Waals surface area contributed by atoms with E-state index in [1.54, 1.807) is 6.08 Å². The molecule has 0 heterocycles. The van der Waals surface area contributed by atoms with Crippen LogP contribution in [0.2, 0.25) is 0 Å². The van der Waals surface area contributed by atoms with E-state index in [0.717, 1.165) is 38.5 Å². The maximum Gasteiger partial charge on any atom is 0.268 e. The van der Waals surface area contributed by atoms with Gasteiger partial charge in [-0.2, -0.15) is 0 Å². The van der Waals surface area contributed by atoms with E-state index in [1.165, 1.54) is 270 Å². The standard InChI is InChI=1S/C66H129N2O6P/c1-6-8-10-12-14-16-18-20-22-24-26-28-30-31-32-33-34-35-36-38-40-42-44-46-48-50-52-54-56-58-60-66(70)67-64(63-74-75(71,72)73-62-61-68(3,4)5)65(69)59-57-55-53-51-49-47-45-43-41-39-37-29-27-25-23-21-19-17-15-13-11-9-7-2/h31-32,49,51,57,59,64-65,69H,6-30,33-48,50,52-56,58,60-63H2,1-5H3,(H-,67,70,71,72)/b32-31-,51-49+,59-57+. The molecule has 0 aliphatic heterocycles. The summed E-state index contributed by atoms with van der Waals surface area (Å²) >= 11 is 0. The van der Waals surface area contributed by atoms with Crippen molar-refractivity contribution in [2.75, 3.05) is 40.9 Å². The van der Waals surface area contributed by atoms with E-state index in [9.17, 15) is 19.4 Å². The Kier molecular flexibility index (Phi) is 56.4. The summed E-state index contributed by atoms with van der Waals surface area (Å²) in [6.07, 6.45) is 75.4. The summed E-state index contributed by atoms with van der Waals surface area (Å²) in [6, 6.07) is -0.903. The number of allylic oxidation sites excluding steroid dienone is 5. The van der Waals surface area contributed by atoms with Crippen LogP contribution in [0.3, 0.4) is 0 Å². The lowest BCUT2D eigenvalue weighted by Crippen LogP contribution is -2.45. The maximum absolute atomic E-state index is 13.0. The van der Waals surface area contributed by atoms with Crippen LogP contribution in [0.4, 0.5) is 0 Å². The number of hydrogen-bond donors (Lipinski definition) is 2. The minimum absolute atomic E-state index is 0.00504. The van der Waals surface area contributed by atoms with E-state index in [2.05, 4.69) is 43.5 Å². The molecule has 0 aliphatic carbocycles. The van der Waals surface area contributed by atoms with Crippen LogP contribution in [0.5, 0.6) is 0 Å². The molecular formula is C66H129N2O6P. The summed E-state index contributed by atoms with van der Waals surface area (Å²) in [4.78, 5) is 25.6. The van der Waals surface area contributed by atoms with Crippen LogP contribution in [0.25, 0.3) is 0 Å². The summed E-state index contributed by atoms with van der Waals surface area (Å²) in [6.45, 7) is 4.68. The Hall–Kier alpha value is -1.28. The van der Waals surface area contributed by atoms with Crippen molar-refractivity contribution in [2.24, 2.45) is 0 Å². The van der Waals surface area contributed by atoms with Gasteiger partial charge in [-0.3, -0.25) is 9.36 Å². The fourth-order valence-electron chi connectivity index (χ4n) is 9.93. The van der Waals surface area contributed by atoms with Gasteiger partial charge in [0.05, 0.1) is 39.9 Å². The first kappa shape index (κ1) is 73.7. The number of hydrogen-bond acceptors (Lipinski definition) is 6. The highest BCUT2D eigenvalue weighted by atomic mass is 31.2. The predicted molar refractivity (Wildman–Crippen MR) is 325 cm³/mol. The van der Waals surface area contributed by atoms with Crippen LogP contribution in [-0.4, -0.2) is 68.5 Å². The van der Waals surface area contributed by atoms with Gasteiger partial charge in [-0.25, -0.2) is 0 Å². The minimum atomic E-state index is -4.61. The lowest BCUT2D eigenvalue weighted by molar-refractivity contribution is -0.870. The third-order valence-corrected chi connectivity index (χ3v) is 16.0. The average molecular weight is 1080 g/mol. The Balaban J connectivity index is 4.12. The van der Waals surface area contributed by atoms with Crippen molar-refractivity contribution in [3.63, 3.8) is 0 Å². The average Bonchev–Trinajstić information content (AvgIpc) is 3.37. The normalized spacial score (nSPS) is 14.0. The molecule has 1 amide bonds. The number of nitrogens with one attached hydrogen (secondary N) is 1. The largest absolute Gasteiger partial charge is 0.756 e. The molecule has 0 aromatic rings. The van der Waals surface area contributed by atoms with E-state index < -0.39 is 20.0 Å². The van der Waals surface area contributed by atoms with Gasteiger partial charge in [0.1, 0.15) is 13.2 Å². The molecule has 2 N–H and O–H groups in total. The number of nitrogens with zero attached hydrogens (tertiary/aromatic N) is 1. The fraction of sp³-hybridized carbons (Fsp3) is 0.894. The molecule has 0 aromatic heterocycles. The Labute approximate surface area is 467 Å². The SMILES string of the molecule is CCCCCCCCCCCCCC/C=C\CCCCCCCCCCCCCCCCC(=O)NC(COP(=O)([O-])OCC[N+](C)(C)C)C(O)/C=C/CC/C=C/CCCCCCCCCCCCCCCCCCC. The van der Waals surface area contributed by atoms with Crippen molar-refractivity contribution in [3.05, 3.63) is 36.5 Å². The highest BCUT2D eigenvalue weighted by Gasteiger charge is 2.23. The van der Waals surface area contributed by atoms with Crippen LogP contribution >= 0.6 is 7.82 Å². The summed E-state index contributed by atoms with van der Waals surface area (Å²) in [5, 5.41) is 13.9. The minimum Gasteiger partial charge on any atom is -0.756 e. The van der Waals surface area contributed by atoms with Gasteiger partial charge in [0.25, 0.3) is 7.82 Å². The number of rotatable bonds is 61. The first-order valence-electron chi connectivity index (χ1n) is 32.9. The number of carbonyl (C=O) groups is 1. The number of carbonyl (C=O) groups excluding carboxylic acids is 1. The number of unbranched alkanes of at least 4 members (excludes halogenated alkanes) is 44. The number of phosphoric ester groups is 1. The molecule has 444 valence electrons. The summed E-state index contributed by atoms with van der Waals surface area (Å²) in [7, 11) is 1.26. The number of likely N-dealkylation sites (N-methyl/N-ethyl adjacent to an activating group) is 1. The number of aliphatic hydroxyl groups excluding tert-OH is 1. The van der Waals surface area contributed by atoms with Crippen molar-refractivity contribution < 1.29 is 32.9 Å². The third-order valence-electron chi connectivity index (χ3n) is 15.1. The highest BCUT2D eigenvalue weighted by Crippen LogP contribution is 2.38. The van der Waals surface area contributed by atoms with Crippen molar-refractivity contribution >= 4 is 13.7 Å². The zero-order valence-electron chi connectivity index (χ0n) is 50.8. The molecule has 0 saturated carbocycles. The van der Waals surface area contributed by atoms with Gasteiger partial charge in [-0.1, -0.05) is 301 Å². The van der Waals surface area contributed by atoms with E-state index in [0.29, 0.717) is 17.4 Å². The molecule has 0 bridgehead atoms. The Morgan fingerprint density at radius 2 is 0.747 bits per heavy atom. The molecule has 8 nitrogen and oxygen atoms in total. The van der Waals surface area contributed by atoms with Gasteiger partial charge in [0.2, 0.25) is 5.91 Å². The molecule has 0 fully saturated rings. The molecule has 0 saturated heterocycles. The molecule has 0 aliphatic rings. The van der Waals surface area contributed by atoms with Crippen molar-refractivity contribution in [2.45, 2.75) is 341 Å². The predicted octanol–water partition coefficient (Wildman–Crippen LogP) is 19.9. The monoisotopic (exact) mass is 1080 g/mol. The molecule has 9 heteroatoms. The Morgan fingerprint density at radius 3 is 1.08 bits per heavy atom. The van der Waals surface area contributed by atoms with Crippen molar-refractivity contribution in [3.8, 4) is 0 Å². The Morgan fingerprint density at radius 1 is 0.453 bits per heavy atom. The van der Waals surface area contributed by atoms with Crippen LogP contribution in [0.1, 0.15) is 328 Å². The van der Waals surface area contributed by atoms with E-state index >= 15 is 0 Å². The molecule has 0 aromatic carbocycles. The van der Waals surface area contributed by atoms with E-state index in [1.807, 2.05) is 27.2 Å². The molecule has 3 unspecified atom stereocenters. The Bertz CT molecular complexity index is 1320. The van der Waals surface area contributed by atoms with Gasteiger partial charge in [0, 0.05) is 6.42 Å². The summed E-state index contributed by atoms with van der Waals surface area (Å²) < 4.78 is 23.4. The highest BCUT2D eigenvalue weighted by molar-refractivity contribution is 7.45. The third kappa shape index (κ3) is 60.2. The lowest BCUT2D eigenvalue weighted by Gasteiger charge is -2.29. The second-order valence-corrected chi connectivity index (χ2v) is 25.2. The van der Waals surface area contributed by atoms with E-state index in [-0.39, 0.29) is 19.1 Å². The lowest BCUT2D eigenvalue weighted by atomic mass is 10.0.